The van der Waals surface area contributed by atoms with Crippen molar-refractivity contribution in [1.82, 2.24) is 0 Å². The van der Waals surface area contributed by atoms with E-state index in [2.05, 4.69) is 20.7 Å². The first-order valence-electron chi connectivity index (χ1n) is 4.83. The number of rotatable bonds is 4. The zero-order chi connectivity index (χ0) is 13.9. The van der Waals surface area contributed by atoms with Crippen molar-refractivity contribution in [2.75, 3.05) is 6.54 Å². The summed E-state index contributed by atoms with van der Waals surface area (Å²) < 4.78 is 68.3. The predicted octanol–water partition coefficient (Wildman–Crippen LogP) is 3.39. The van der Waals surface area contributed by atoms with Gasteiger partial charge in [-0.1, -0.05) is 15.9 Å². The van der Waals surface area contributed by atoms with Crippen LogP contribution in [0.25, 0.3) is 0 Å². The second kappa shape index (κ2) is 5.83. The lowest BCUT2D eigenvalue weighted by Crippen LogP contribution is -2.36. The van der Waals surface area contributed by atoms with Gasteiger partial charge in [-0.3, -0.25) is 0 Å². The number of benzene rings is 1. The van der Waals surface area contributed by atoms with Gasteiger partial charge >= 0.3 is 6.18 Å². The van der Waals surface area contributed by atoms with Crippen LogP contribution in [0.3, 0.4) is 0 Å². The lowest BCUT2D eigenvalue weighted by molar-refractivity contribution is -0.196. The second-order valence-corrected chi connectivity index (χ2v) is 4.34. The first-order valence-corrected chi connectivity index (χ1v) is 5.63. The van der Waals surface area contributed by atoms with Gasteiger partial charge in [0, 0.05) is 10.9 Å². The molecule has 2 N–H and O–H groups in total. The molecule has 1 unspecified atom stereocenters. The first-order chi connectivity index (χ1) is 8.25. The monoisotopic (exact) mass is 333 g/mol. The first kappa shape index (κ1) is 15.2. The fourth-order valence-electron chi connectivity index (χ4n) is 1.21. The highest BCUT2D eigenvalue weighted by atomic mass is 79.9. The highest BCUT2D eigenvalue weighted by Gasteiger charge is 2.41. The Hall–Kier alpha value is -0.890. The van der Waals surface area contributed by atoms with E-state index in [0.29, 0.717) is 0 Å². The molecule has 0 radical (unpaired) electrons. The molecule has 0 saturated heterocycles. The zero-order valence-corrected chi connectivity index (χ0v) is 10.5. The van der Waals surface area contributed by atoms with Gasteiger partial charge in [0.1, 0.15) is 0 Å². The summed E-state index contributed by atoms with van der Waals surface area (Å²) in [6.07, 6.45) is -7.52. The summed E-state index contributed by atoms with van der Waals surface area (Å²) in [5.41, 5.74) is 5.02. The van der Waals surface area contributed by atoms with Crippen molar-refractivity contribution in [3.8, 4) is 5.75 Å². The Balaban J connectivity index is 3.01. The molecule has 0 aliphatic carbocycles. The summed E-state index contributed by atoms with van der Waals surface area (Å²) in [6.45, 7) is -0.289. The largest absolute Gasteiger partial charge is 0.478 e. The molecule has 1 aromatic rings. The van der Waals surface area contributed by atoms with E-state index in [0.717, 1.165) is 12.1 Å². The standard InChI is InChI=1S/C10H9BrF5NO/c11-5-3-6(12)9(13)7(4-5)18-8(1-2-17)10(14,15)16/h3-4,8H,1-2,17H2. The Labute approximate surface area is 108 Å². The smallest absolute Gasteiger partial charge is 0.425 e. The molecule has 0 aromatic heterocycles. The number of hydrogen-bond acceptors (Lipinski definition) is 2. The molecule has 0 spiro atoms. The Morgan fingerprint density at radius 2 is 1.89 bits per heavy atom. The maximum Gasteiger partial charge on any atom is 0.425 e. The van der Waals surface area contributed by atoms with E-state index < -0.39 is 36.1 Å². The highest BCUT2D eigenvalue weighted by Crippen LogP contribution is 2.31. The summed E-state index contributed by atoms with van der Waals surface area (Å²) in [5, 5.41) is 0. The van der Waals surface area contributed by atoms with Crippen LogP contribution in [0, 0.1) is 11.6 Å². The number of nitrogens with two attached hydrogens (primary N) is 1. The quantitative estimate of drug-likeness (QED) is 0.677. The Bertz CT molecular complexity index is 423. The minimum absolute atomic E-state index is 0.0741. The highest BCUT2D eigenvalue weighted by molar-refractivity contribution is 9.10. The summed E-state index contributed by atoms with van der Waals surface area (Å²) in [5.74, 6) is -3.57. The van der Waals surface area contributed by atoms with E-state index in [1.807, 2.05) is 0 Å². The third kappa shape index (κ3) is 3.81. The van der Waals surface area contributed by atoms with E-state index in [-0.39, 0.29) is 11.0 Å². The van der Waals surface area contributed by atoms with Crippen LogP contribution in [0.1, 0.15) is 6.42 Å². The van der Waals surface area contributed by atoms with Gasteiger partial charge < -0.3 is 10.5 Å². The van der Waals surface area contributed by atoms with Gasteiger partial charge in [0.15, 0.2) is 17.7 Å². The van der Waals surface area contributed by atoms with Gasteiger partial charge in [-0.25, -0.2) is 4.39 Å². The zero-order valence-electron chi connectivity index (χ0n) is 8.90. The maximum absolute atomic E-state index is 13.3. The maximum atomic E-state index is 13.3. The predicted molar refractivity (Wildman–Crippen MR) is 58.2 cm³/mol. The minimum atomic E-state index is -4.70. The van der Waals surface area contributed by atoms with Crippen molar-refractivity contribution in [1.29, 1.82) is 0 Å². The molecule has 1 atom stereocenters. The van der Waals surface area contributed by atoms with Crippen LogP contribution in [0.4, 0.5) is 22.0 Å². The van der Waals surface area contributed by atoms with Crippen LogP contribution in [-0.4, -0.2) is 18.8 Å². The van der Waals surface area contributed by atoms with Gasteiger partial charge in [-0.15, -0.1) is 0 Å². The molecular weight excluding hydrogens is 325 g/mol. The lowest BCUT2D eigenvalue weighted by Gasteiger charge is -2.21. The summed E-state index contributed by atoms with van der Waals surface area (Å²) in [6, 6.07) is 1.71. The molecule has 0 fully saturated rings. The van der Waals surface area contributed by atoms with Crippen LogP contribution in [0.2, 0.25) is 0 Å². The number of hydrogen-bond donors (Lipinski definition) is 1. The summed E-state index contributed by atoms with van der Waals surface area (Å²) in [7, 11) is 0. The molecule has 18 heavy (non-hydrogen) atoms. The molecule has 1 rings (SSSR count). The van der Waals surface area contributed by atoms with E-state index in [1.54, 1.807) is 0 Å². The van der Waals surface area contributed by atoms with Crippen LogP contribution >= 0.6 is 15.9 Å². The summed E-state index contributed by atoms with van der Waals surface area (Å²) >= 11 is 2.83. The Morgan fingerprint density at radius 3 is 2.39 bits per heavy atom. The molecule has 0 heterocycles. The third-order valence-electron chi connectivity index (χ3n) is 2.02. The van der Waals surface area contributed by atoms with Gasteiger partial charge in [0.2, 0.25) is 5.82 Å². The van der Waals surface area contributed by atoms with Crippen molar-refractivity contribution < 1.29 is 26.7 Å². The van der Waals surface area contributed by atoms with E-state index in [1.165, 1.54) is 0 Å². The topological polar surface area (TPSA) is 35.2 Å². The number of ether oxygens (including phenoxy) is 1. The van der Waals surface area contributed by atoms with Gasteiger partial charge in [-0.05, 0) is 18.7 Å². The molecule has 8 heteroatoms. The van der Waals surface area contributed by atoms with Crippen molar-refractivity contribution in [2.24, 2.45) is 5.73 Å². The van der Waals surface area contributed by atoms with Crippen LogP contribution in [0.5, 0.6) is 5.75 Å². The number of alkyl halides is 3. The fraction of sp³-hybridized carbons (Fsp3) is 0.400. The molecule has 1 aromatic carbocycles. The van der Waals surface area contributed by atoms with Crippen LogP contribution in [-0.2, 0) is 0 Å². The van der Waals surface area contributed by atoms with Crippen molar-refractivity contribution in [2.45, 2.75) is 18.7 Å². The number of halogens is 6. The Kier molecular flexibility index (Phi) is 4.92. The van der Waals surface area contributed by atoms with Gasteiger partial charge in [-0.2, -0.15) is 17.6 Å². The fourth-order valence-corrected chi connectivity index (χ4v) is 1.62. The molecule has 0 amide bonds. The molecular formula is C10H9BrF5NO. The van der Waals surface area contributed by atoms with E-state index in [9.17, 15) is 22.0 Å². The molecule has 102 valence electrons. The minimum Gasteiger partial charge on any atom is -0.478 e. The lowest BCUT2D eigenvalue weighted by atomic mass is 10.2. The molecule has 0 aliphatic heterocycles. The molecule has 0 aliphatic rings. The summed E-state index contributed by atoms with van der Waals surface area (Å²) in [4.78, 5) is 0. The average molecular weight is 334 g/mol. The third-order valence-corrected chi connectivity index (χ3v) is 2.48. The second-order valence-electron chi connectivity index (χ2n) is 3.43. The van der Waals surface area contributed by atoms with E-state index in [4.69, 9.17) is 5.73 Å². The van der Waals surface area contributed by atoms with Crippen LogP contribution in [0.15, 0.2) is 16.6 Å². The Morgan fingerprint density at radius 1 is 1.28 bits per heavy atom. The van der Waals surface area contributed by atoms with Gasteiger partial charge in [0.05, 0.1) is 0 Å². The van der Waals surface area contributed by atoms with Crippen LogP contribution < -0.4 is 10.5 Å². The van der Waals surface area contributed by atoms with Gasteiger partial charge in [0.25, 0.3) is 0 Å². The van der Waals surface area contributed by atoms with E-state index >= 15 is 0 Å². The molecule has 0 bridgehead atoms. The van der Waals surface area contributed by atoms with Crippen molar-refractivity contribution >= 4 is 15.9 Å². The molecule has 2 nitrogen and oxygen atoms in total. The average Bonchev–Trinajstić information content (AvgIpc) is 2.23. The van der Waals surface area contributed by atoms with Crippen molar-refractivity contribution in [3.05, 3.63) is 28.2 Å². The SMILES string of the molecule is NCCC(Oc1cc(Br)cc(F)c1F)C(F)(F)F. The normalized spacial score (nSPS) is 13.5. The molecule has 0 saturated carbocycles. The van der Waals surface area contributed by atoms with Crippen molar-refractivity contribution in [3.63, 3.8) is 0 Å².